The van der Waals surface area contributed by atoms with Crippen LogP contribution in [-0.2, 0) is 5.41 Å². The van der Waals surface area contributed by atoms with Gasteiger partial charge in [0.2, 0.25) is 0 Å². The molecule has 0 aromatic heterocycles. The monoisotopic (exact) mass is 260 g/mol. The molecule has 1 atom stereocenters. The molecule has 0 radical (unpaired) electrons. The number of likely N-dealkylation sites (N-methyl/N-ethyl adjacent to an activating group) is 2. The maximum absolute atomic E-state index is 12.2. The fraction of sp³-hybridized carbons (Fsp3) is 0.562. The first-order valence-corrected chi connectivity index (χ1v) is 7.16. The van der Waals surface area contributed by atoms with E-state index in [-0.39, 0.29) is 11.3 Å². The molecule has 2 heterocycles. The van der Waals surface area contributed by atoms with Crippen molar-refractivity contribution in [3.05, 3.63) is 35.4 Å². The number of benzene rings is 1. The standard InChI is InChI=1S/C14H18N2O.C2H6/c1-15-8-7-14(9-15)10-16(2)13(17)11-5-3-4-6-12(11)14;1-2/h3-6H,7-10H2,1-2H3;1-2H3. The summed E-state index contributed by atoms with van der Waals surface area (Å²) in [6.45, 7) is 7.03. The molecule has 104 valence electrons. The van der Waals surface area contributed by atoms with Gasteiger partial charge < -0.3 is 9.80 Å². The minimum absolute atomic E-state index is 0.161. The molecular weight excluding hydrogens is 236 g/mol. The molecule has 1 saturated heterocycles. The smallest absolute Gasteiger partial charge is 0.253 e. The van der Waals surface area contributed by atoms with Crippen LogP contribution >= 0.6 is 0 Å². The van der Waals surface area contributed by atoms with E-state index in [1.807, 2.05) is 37.9 Å². The van der Waals surface area contributed by atoms with Crippen molar-refractivity contribution >= 4 is 5.91 Å². The lowest BCUT2D eigenvalue weighted by Crippen LogP contribution is -2.49. The van der Waals surface area contributed by atoms with E-state index in [1.54, 1.807) is 0 Å². The third kappa shape index (κ3) is 2.27. The zero-order valence-corrected chi connectivity index (χ0v) is 12.4. The maximum atomic E-state index is 12.2. The molecule has 1 fully saturated rings. The molecule has 3 rings (SSSR count). The van der Waals surface area contributed by atoms with Crippen molar-refractivity contribution in [2.24, 2.45) is 0 Å². The lowest BCUT2D eigenvalue weighted by atomic mass is 9.74. The molecule has 3 nitrogen and oxygen atoms in total. The minimum atomic E-state index is 0.161. The second kappa shape index (κ2) is 5.33. The van der Waals surface area contributed by atoms with Gasteiger partial charge in [0.15, 0.2) is 0 Å². The van der Waals surface area contributed by atoms with Gasteiger partial charge in [0, 0.05) is 31.1 Å². The Morgan fingerprint density at radius 3 is 2.42 bits per heavy atom. The topological polar surface area (TPSA) is 23.6 Å². The lowest BCUT2D eigenvalue weighted by Gasteiger charge is -2.40. The van der Waals surface area contributed by atoms with Crippen LogP contribution in [-0.4, -0.2) is 49.4 Å². The zero-order chi connectivity index (χ0) is 14.0. The number of fused-ring (bicyclic) bond motifs is 2. The van der Waals surface area contributed by atoms with Gasteiger partial charge in [-0.1, -0.05) is 32.0 Å². The normalized spacial score (nSPS) is 26.1. The second-order valence-corrected chi connectivity index (χ2v) is 5.47. The molecule has 1 amide bonds. The van der Waals surface area contributed by atoms with Crippen molar-refractivity contribution < 1.29 is 4.79 Å². The summed E-state index contributed by atoms with van der Waals surface area (Å²) in [5.74, 6) is 0.167. The highest BCUT2D eigenvalue weighted by atomic mass is 16.2. The Hall–Kier alpha value is -1.35. The predicted molar refractivity (Wildman–Crippen MR) is 78.5 cm³/mol. The number of carbonyl (C=O) groups excluding carboxylic acids is 1. The molecule has 0 bridgehead atoms. The molecule has 19 heavy (non-hydrogen) atoms. The van der Waals surface area contributed by atoms with E-state index in [9.17, 15) is 4.79 Å². The summed E-state index contributed by atoms with van der Waals surface area (Å²) in [6.07, 6.45) is 1.15. The number of nitrogens with zero attached hydrogens (tertiary/aromatic N) is 2. The third-order valence-corrected chi connectivity index (χ3v) is 4.16. The Labute approximate surface area is 116 Å². The molecule has 1 spiro atoms. The van der Waals surface area contributed by atoms with Gasteiger partial charge in [0.1, 0.15) is 0 Å². The molecule has 0 N–H and O–H groups in total. The molecule has 0 saturated carbocycles. The van der Waals surface area contributed by atoms with Crippen LogP contribution < -0.4 is 0 Å². The Morgan fingerprint density at radius 2 is 1.79 bits per heavy atom. The van der Waals surface area contributed by atoms with Gasteiger partial charge in [-0.2, -0.15) is 0 Å². The number of rotatable bonds is 0. The van der Waals surface area contributed by atoms with Crippen LogP contribution in [0.1, 0.15) is 36.2 Å². The highest BCUT2D eigenvalue weighted by Gasteiger charge is 2.45. The molecule has 1 aromatic carbocycles. The van der Waals surface area contributed by atoms with Gasteiger partial charge in [-0.15, -0.1) is 0 Å². The van der Waals surface area contributed by atoms with Crippen molar-refractivity contribution in [1.82, 2.24) is 9.80 Å². The highest BCUT2D eigenvalue weighted by Crippen LogP contribution is 2.39. The predicted octanol–water partition coefficient (Wildman–Crippen LogP) is 2.37. The van der Waals surface area contributed by atoms with Gasteiger partial charge in [-0.25, -0.2) is 0 Å². The van der Waals surface area contributed by atoms with Gasteiger partial charge in [-0.05, 0) is 31.6 Å². The molecule has 2 aliphatic heterocycles. The van der Waals surface area contributed by atoms with Gasteiger partial charge in [0.25, 0.3) is 5.91 Å². The average molecular weight is 260 g/mol. The Balaban J connectivity index is 0.000000637. The quantitative estimate of drug-likeness (QED) is 0.715. The maximum Gasteiger partial charge on any atom is 0.253 e. The largest absolute Gasteiger partial charge is 0.341 e. The van der Waals surface area contributed by atoms with Crippen molar-refractivity contribution in [3.63, 3.8) is 0 Å². The first-order valence-electron chi connectivity index (χ1n) is 7.16. The summed E-state index contributed by atoms with van der Waals surface area (Å²) in [5, 5.41) is 0. The van der Waals surface area contributed by atoms with Crippen LogP contribution in [0.15, 0.2) is 24.3 Å². The van der Waals surface area contributed by atoms with Crippen molar-refractivity contribution in [1.29, 1.82) is 0 Å². The molecule has 3 heteroatoms. The van der Waals surface area contributed by atoms with Crippen LogP contribution in [0.2, 0.25) is 0 Å². The van der Waals surface area contributed by atoms with Gasteiger partial charge in [-0.3, -0.25) is 4.79 Å². The number of hydrogen-bond donors (Lipinski definition) is 0. The second-order valence-electron chi connectivity index (χ2n) is 5.47. The Morgan fingerprint density at radius 1 is 1.11 bits per heavy atom. The van der Waals surface area contributed by atoms with E-state index in [2.05, 4.69) is 24.1 Å². The average Bonchev–Trinajstić information content (AvgIpc) is 2.81. The fourth-order valence-electron chi connectivity index (χ4n) is 3.38. The van der Waals surface area contributed by atoms with Gasteiger partial charge in [0.05, 0.1) is 0 Å². The molecule has 2 aliphatic rings. The van der Waals surface area contributed by atoms with Crippen molar-refractivity contribution in [3.8, 4) is 0 Å². The first-order chi connectivity index (χ1) is 9.12. The zero-order valence-electron chi connectivity index (χ0n) is 12.4. The highest BCUT2D eigenvalue weighted by molar-refractivity contribution is 5.97. The third-order valence-electron chi connectivity index (χ3n) is 4.16. The first kappa shape index (κ1) is 14.1. The molecular formula is C16H24N2O. The summed E-state index contributed by atoms with van der Waals surface area (Å²) >= 11 is 0. The van der Waals surface area contributed by atoms with E-state index < -0.39 is 0 Å². The van der Waals surface area contributed by atoms with E-state index in [0.717, 1.165) is 31.6 Å². The molecule has 0 aliphatic carbocycles. The molecule has 1 aromatic rings. The summed E-state index contributed by atoms with van der Waals surface area (Å²) in [4.78, 5) is 16.4. The number of likely N-dealkylation sites (tertiary alicyclic amines) is 1. The van der Waals surface area contributed by atoms with Gasteiger partial charge >= 0.3 is 0 Å². The lowest BCUT2D eigenvalue weighted by molar-refractivity contribution is 0.0725. The van der Waals surface area contributed by atoms with Crippen LogP contribution in [0.3, 0.4) is 0 Å². The van der Waals surface area contributed by atoms with Crippen LogP contribution in [0.4, 0.5) is 0 Å². The SMILES string of the molecule is CC.CN1CCC2(C1)CN(C)C(=O)c1ccccc12. The van der Waals surface area contributed by atoms with Crippen LogP contribution in [0.5, 0.6) is 0 Å². The number of carbonyl (C=O) groups is 1. The fourth-order valence-corrected chi connectivity index (χ4v) is 3.38. The van der Waals surface area contributed by atoms with Crippen LogP contribution in [0.25, 0.3) is 0 Å². The Bertz CT molecular complexity index is 472. The van der Waals surface area contributed by atoms with E-state index >= 15 is 0 Å². The summed E-state index contributed by atoms with van der Waals surface area (Å²) in [7, 11) is 4.08. The van der Waals surface area contributed by atoms with Crippen LogP contribution in [0, 0.1) is 0 Å². The van der Waals surface area contributed by atoms with Crippen molar-refractivity contribution in [2.75, 3.05) is 33.7 Å². The van der Waals surface area contributed by atoms with Crippen molar-refractivity contribution in [2.45, 2.75) is 25.7 Å². The van der Waals surface area contributed by atoms with E-state index in [1.165, 1.54) is 5.56 Å². The van der Waals surface area contributed by atoms with E-state index in [0.29, 0.717) is 0 Å². The molecule has 1 unspecified atom stereocenters. The summed E-state index contributed by atoms with van der Waals surface area (Å²) in [5.41, 5.74) is 2.32. The minimum Gasteiger partial charge on any atom is -0.341 e. The summed E-state index contributed by atoms with van der Waals surface area (Å²) < 4.78 is 0. The van der Waals surface area contributed by atoms with E-state index in [4.69, 9.17) is 0 Å². The number of amides is 1. The summed E-state index contributed by atoms with van der Waals surface area (Å²) in [6, 6.07) is 8.12. The Kier molecular flexibility index (Phi) is 3.95. The number of hydrogen-bond acceptors (Lipinski definition) is 2.